The summed E-state index contributed by atoms with van der Waals surface area (Å²) in [5.74, 6) is -0.344. The highest BCUT2D eigenvalue weighted by Gasteiger charge is 2.17. The van der Waals surface area contributed by atoms with Crippen molar-refractivity contribution in [2.45, 2.75) is 31.7 Å². The van der Waals surface area contributed by atoms with Crippen LogP contribution in [0, 0.1) is 0 Å². The molecule has 0 aliphatic carbocycles. The zero-order valence-electron chi connectivity index (χ0n) is 11.6. The molecular weight excluding hydrogens is 254 g/mol. The van der Waals surface area contributed by atoms with Crippen LogP contribution in [0.4, 0.5) is 0 Å². The second kappa shape index (κ2) is 5.63. The van der Waals surface area contributed by atoms with Gasteiger partial charge in [-0.05, 0) is 31.5 Å². The van der Waals surface area contributed by atoms with Gasteiger partial charge in [0, 0.05) is 24.9 Å². The molecule has 0 bridgehead atoms. The fourth-order valence-electron chi connectivity index (χ4n) is 2.78. The van der Waals surface area contributed by atoms with E-state index in [4.69, 9.17) is 4.74 Å². The van der Waals surface area contributed by atoms with Crippen LogP contribution < -0.4 is 5.32 Å². The standard InChI is InChI=1S/C15H19N3O2/c1-20-15(19)13-6-4-8-18-10-12(17-14(13)18)9-11-5-2-3-7-16-11/h4,6,8,10-11,16H,2-3,5,7,9H2,1H3. The summed E-state index contributed by atoms with van der Waals surface area (Å²) in [4.78, 5) is 16.3. The minimum atomic E-state index is -0.344. The fraction of sp³-hybridized carbons (Fsp3) is 0.467. The number of ether oxygens (including phenoxy) is 1. The van der Waals surface area contributed by atoms with E-state index in [2.05, 4.69) is 10.3 Å². The largest absolute Gasteiger partial charge is 0.465 e. The van der Waals surface area contributed by atoms with Crippen LogP contribution in [0.2, 0.25) is 0 Å². The Morgan fingerprint density at radius 2 is 2.45 bits per heavy atom. The van der Waals surface area contributed by atoms with Crippen molar-refractivity contribution in [3.63, 3.8) is 0 Å². The Hall–Kier alpha value is -1.88. The van der Waals surface area contributed by atoms with Gasteiger partial charge in [0.1, 0.15) is 5.56 Å². The van der Waals surface area contributed by atoms with Crippen molar-refractivity contribution in [3.05, 3.63) is 35.8 Å². The van der Waals surface area contributed by atoms with Gasteiger partial charge in [-0.1, -0.05) is 6.42 Å². The van der Waals surface area contributed by atoms with Crippen molar-refractivity contribution >= 4 is 11.6 Å². The number of nitrogens with one attached hydrogen (secondary N) is 1. The number of hydrogen-bond donors (Lipinski definition) is 1. The highest BCUT2D eigenvalue weighted by atomic mass is 16.5. The molecular formula is C15H19N3O2. The Labute approximate surface area is 118 Å². The fourth-order valence-corrected chi connectivity index (χ4v) is 2.78. The van der Waals surface area contributed by atoms with Gasteiger partial charge in [-0.25, -0.2) is 9.78 Å². The van der Waals surface area contributed by atoms with Gasteiger partial charge in [-0.15, -0.1) is 0 Å². The molecule has 0 radical (unpaired) electrons. The Morgan fingerprint density at radius 3 is 3.20 bits per heavy atom. The van der Waals surface area contributed by atoms with Crippen LogP contribution in [-0.2, 0) is 11.2 Å². The average molecular weight is 273 g/mol. The Balaban J connectivity index is 1.88. The highest BCUT2D eigenvalue weighted by Crippen LogP contribution is 2.16. The number of rotatable bonds is 3. The van der Waals surface area contributed by atoms with Crippen molar-refractivity contribution in [2.75, 3.05) is 13.7 Å². The van der Waals surface area contributed by atoms with Crippen molar-refractivity contribution < 1.29 is 9.53 Å². The van der Waals surface area contributed by atoms with E-state index < -0.39 is 0 Å². The van der Waals surface area contributed by atoms with Crippen molar-refractivity contribution in [2.24, 2.45) is 0 Å². The lowest BCUT2D eigenvalue weighted by Gasteiger charge is -2.22. The first-order chi connectivity index (χ1) is 9.78. The number of aromatic nitrogens is 2. The van der Waals surface area contributed by atoms with E-state index in [-0.39, 0.29) is 5.97 Å². The molecule has 1 N–H and O–H groups in total. The van der Waals surface area contributed by atoms with Gasteiger partial charge in [-0.2, -0.15) is 0 Å². The molecule has 1 aliphatic heterocycles. The predicted molar refractivity (Wildman–Crippen MR) is 75.9 cm³/mol. The number of esters is 1. The second-order valence-electron chi connectivity index (χ2n) is 5.23. The molecule has 3 heterocycles. The molecule has 20 heavy (non-hydrogen) atoms. The number of imidazole rings is 1. The summed E-state index contributed by atoms with van der Waals surface area (Å²) in [6.45, 7) is 1.09. The van der Waals surface area contributed by atoms with Crippen LogP contribution in [0.5, 0.6) is 0 Å². The summed E-state index contributed by atoms with van der Waals surface area (Å²) < 4.78 is 6.69. The third kappa shape index (κ3) is 2.54. The van der Waals surface area contributed by atoms with E-state index in [0.29, 0.717) is 17.3 Å². The van der Waals surface area contributed by atoms with Crippen LogP contribution in [0.3, 0.4) is 0 Å². The first-order valence-electron chi connectivity index (χ1n) is 7.06. The molecule has 106 valence electrons. The number of nitrogens with zero attached hydrogens (tertiary/aromatic N) is 2. The molecule has 1 fully saturated rings. The zero-order chi connectivity index (χ0) is 13.9. The van der Waals surface area contributed by atoms with E-state index in [9.17, 15) is 4.79 Å². The van der Waals surface area contributed by atoms with Crippen LogP contribution in [0.25, 0.3) is 5.65 Å². The molecule has 1 atom stereocenters. The normalized spacial score (nSPS) is 19.1. The lowest BCUT2D eigenvalue weighted by Crippen LogP contribution is -2.35. The van der Waals surface area contributed by atoms with E-state index in [1.807, 2.05) is 22.9 Å². The Morgan fingerprint density at radius 1 is 1.55 bits per heavy atom. The molecule has 2 aromatic rings. The van der Waals surface area contributed by atoms with Crippen LogP contribution in [0.1, 0.15) is 35.3 Å². The number of carbonyl (C=O) groups is 1. The maximum Gasteiger partial charge on any atom is 0.341 e. The monoisotopic (exact) mass is 273 g/mol. The quantitative estimate of drug-likeness (QED) is 0.867. The van der Waals surface area contributed by atoms with Crippen molar-refractivity contribution in [3.8, 4) is 0 Å². The summed E-state index contributed by atoms with van der Waals surface area (Å²) in [6, 6.07) is 4.08. The minimum absolute atomic E-state index is 0.344. The minimum Gasteiger partial charge on any atom is -0.465 e. The molecule has 5 nitrogen and oxygen atoms in total. The molecule has 1 aliphatic rings. The van der Waals surface area contributed by atoms with Gasteiger partial charge in [0.15, 0.2) is 5.65 Å². The molecule has 1 unspecified atom stereocenters. The SMILES string of the molecule is COC(=O)c1cccn2cc(CC3CCCCN3)nc12. The van der Waals surface area contributed by atoms with Crippen LogP contribution in [-0.4, -0.2) is 35.1 Å². The van der Waals surface area contributed by atoms with Crippen molar-refractivity contribution in [1.29, 1.82) is 0 Å². The van der Waals surface area contributed by atoms with Gasteiger partial charge in [0.25, 0.3) is 0 Å². The lowest BCUT2D eigenvalue weighted by atomic mass is 10.0. The van der Waals surface area contributed by atoms with E-state index >= 15 is 0 Å². The van der Waals surface area contributed by atoms with E-state index in [0.717, 1.165) is 18.7 Å². The summed E-state index contributed by atoms with van der Waals surface area (Å²) in [6.07, 6.45) is 8.54. The summed E-state index contributed by atoms with van der Waals surface area (Å²) in [5, 5.41) is 3.52. The molecule has 0 amide bonds. The number of piperidine rings is 1. The molecule has 5 heteroatoms. The second-order valence-corrected chi connectivity index (χ2v) is 5.23. The van der Waals surface area contributed by atoms with Crippen molar-refractivity contribution in [1.82, 2.24) is 14.7 Å². The maximum absolute atomic E-state index is 11.7. The third-order valence-electron chi connectivity index (χ3n) is 3.81. The predicted octanol–water partition coefficient (Wildman–Crippen LogP) is 1.81. The van der Waals surface area contributed by atoms with Crippen LogP contribution >= 0.6 is 0 Å². The first-order valence-corrected chi connectivity index (χ1v) is 7.06. The number of methoxy groups -OCH3 is 1. The summed E-state index contributed by atoms with van der Waals surface area (Å²) in [7, 11) is 1.39. The third-order valence-corrected chi connectivity index (χ3v) is 3.81. The molecule has 2 aromatic heterocycles. The lowest BCUT2D eigenvalue weighted by molar-refractivity contribution is 0.0602. The molecule has 1 saturated heterocycles. The summed E-state index contributed by atoms with van der Waals surface area (Å²) in [5.41, 5.74) is 2.20. The number of pyridine rings is 1. The highest BCUT2D eigenvalue weighted by molar-refractivity contribution is 5.95. The van der Waals surface area contributed by atoms with Gasteiger partial charge >= 0.3 is 5.97 Å². The maximum atomic E-state index is 11.7. The topological polar surface area (TPSA) is 55.6 Å². The summed E-state index contributed by atoms with van der Waals surface area (Å²) >= 11 is 0. The number of fused-ring (bicyclic) bond motifs is 1. The first kappa shape index (κ1) is 13.1. The molecule has 3 rings (SSSR count). The van der Waals surface area contributed by atoms with Crippen LogP contribution in [0.15, 0.2) is 24.5 Å². The number of hydrogen-bond acceptors (Lipinski definition) is 4. The smallest absolute Gasteiger partial charge is 0.341 e. The van der Waals surface area contributed by atoms with E-state index in [1.54, 1.807) is 6.07 Å². The molecule has 0 spiro atoms. The Bertz CT molecular complexity index is 615. The average Bonchev–Trinajstić information content (AvgIpc) is 2.89. The van der Waals surface area contributed by atoms with Gasteiger partial charge < -0.3 is 14.5 Å². The van der Waals surface area contributed by atoms with Gasteiger partial charge in [0.05, 0.1) is 12.8 Å². The van der Waals surface area contributed by atoms with Gasteiger partial charge in [0.2, 0.25) is 0 Å². The Kier molecular flexibility index (Phi) is 3.69. The number of carbonyl (C=O) groups excluding carboxylic acids is 1. The van der Waals surface area contributed by atoms with Gasteiger partial charge in [-0.3, -0.25) is 0 Å². The zero-order valence-corrected chi connectivity index (χ0v) is 11.6. The van der Waals surface area contributed by atoms with E-state index in [1.165, 1.54) is 26.4 Å². The molecule has 0 saturated carbocycles. The molecule has 0 aromatic carbocycles.